The van der Waals surface area contributed by atoms with Crippen LogP contribution in [0.4, 0.5) is 14.5 Å². The van der Waals surface area contributed by atoms with Crippen LogP contribution in [0.15, 0.2) is 36.4 Å². The standard InChI is InChI=1S/C22H22F2N2O4/c1-2-25(12-14-4-3-5-19-21(14)30-9-8-29-19)22(28)15-10-20(27)26(13-15)18-7-6-16(23)11-17(18)24/h3-7,11,15H,2,8-10,12-13H2,1H3. The zero-order chi connectivity index (χ0) is 21.3. The van der Waals surface area contributed by atoms with Gasteiger partial charge in [0.1, 0.15) is 24.8 Å². The first kappa shape index (κ1) is 20.1. The molecule has 8 heteroatoms. The monoisotopic (exact) mass is 416 g/mol. The zero-order valence-corrected chi connectivity index (χ0v) is 16.6. The minimum atomic E-state index is -0.822. The Morgan fingerprint density at radius 1 is 1.20 bits per heavy atom. The number of benzene rings is 2. The minimum Gasteiger partial charge on any atom is -0.486 e. The Morgan fingerprint density at radius 3 is 2.77 bits per heavy atom. The van der Waals surface area contributed by atoms with Gasteiger partial charge >= 0.3 is 0 Å². The molecule has 2 amide bonds. The van der Waals surface area contributed by atoms with Gasteiger partial charge in [0.2, 0.25) is 11.8 Å². The maximum atomic E-state index is 14.1. The quantitative estimate of drug-likeness (QED) is 0.752. The number of fused-ring (bicyclic) bond motifs is 1. The van der Waals surface area contributed by atoms with Crippen LogP contribution in [0.2, 0.25) is 0 Å². The molecule has 1 atom stereocenters. The molecule has 1 fully saturated rings. The van der Waals surface area contributed by atoms with Gasteiger partial charge in [-0.15, -0.1) is 0 Å². The van der Waals surface area contributed by atoms with Gasteiger partial charge in [-0.2, -0.15) is 0 Å². The van der Waals surface area contributed by atoms with E-state index in [9.17, 15) is 18.4 Å². The highest BCUT2D eigenvalue weighted by Gasteiger charge is 2.38. The Hall–Kier alpha value is -3.16. The number of rotatable bonds is 5. The maximum Gasteiger partial charge on any atom is 0.228 e. The topological polar surface area (TPSA) is 59.1 Å². The Labute approximate surface area is 173 Å². The molecule has 0 N–H and O–H groups in total. The molecule has 1 unspecified atom stereocenters. The van der Waals surface area contributed by atoms with E-state index in [0.717, 1.165) is 17.7 Å². The molecule has 2 aromatic rings. The first-order valence-corrected chi connectivity index (χ1v) is 9.89. The largest absolute Gasteiger partial charge is 0.486 e. The van der Waals surface area contributed by atoms with E-state index in [4.69, 9.17) is 9.47 Å². The van der Waals surface area contributed by atoms with Crippen molar-refractivity contribution in [2.75, 3.05) is 31.2 Å². The van der Waals surface area contributed by atoms with Gasteiger partial charge in [0, 0.05) is 37.7 Å². The van der Waals surface area contributed by atoms with Crippen molar-refractivity contribution in [2.24, 2.45) is 5.92 Å². The lowest BCUT2D eigenvalue weighted by molar-refractivity contribution is -0.136. The number of nitrogens with zero attached hydrogens (tertiary/aromatic N) is 2. The van der Waals surface area contributed by atoms with Crippen molar-refractivity contribution in [3.05, 3.63) is 53.6 Å². The van der Waals surface area contributed by atoms with E-state index in [1.165, 1.54) is 11.0 Å². The van der Waals surface area contributed by atoms with E-state index in [1.54, 1.807) is 4.90 Å². The number of hydrogen-bond donors (Lipinski definition) is 0. The molecule has 2 aliphatic heterocycles. The molecule has 30 heavy (non-hydrogen) atoms. The minimum absolute atomic E-state index is 0.0116. The van der Waals surface area contributed by atoms with Crippen molar-refractivity contribution >= 4 is 17.5 Å². The summed E-state index contributed by atoms with van der Waals surface area (Å²) in [6.45, 7) is 3.60. The lowest BCUT2D eigenvalue weighted by atomic mass is 10.1. The van der Waals surface area contributed by atoms with Gasteiger partial charge in [0.05, 0.1) is 11.6 Å². The van der Waals surface area contributed by atoms with Crippen LogP contribution < -0.4 is 14.4 Å². The van der Waals surface area contributed by atoms with Gasteiger partial charge in [-0.1, -0.05) is 12.1 Å². The molecule has 0 radical (unpaired) electrons. The van der Waals surface area contributed by atoms with Gasteiger partial charge in [-0.25, -0.2) is 8.78 Å². The van der Waals surface area contributed by atoms with E-state index in [2.05, 4.69) is 0 Å². The van der Waals surface area contributed by atoms with E-state index in [1.807, 2.05) is 25.1 Å². The first-order valence-electron chi connectivity index (χ1n) is 9.89. The molecule has 6 nitrogen and oxygen atoms in total. The molecule has 0 spiro atoms. The lowest BCUT2D eigenvalue weighted by Crippen LogP contribution is -2.37. The average molecular weight is 416 g/mol. The normalized spacial score (nSPS) is 17.9. The molecule has 0 bridgehead atoms. The fourth-order valence-corrected chi connectivity index (χ4v) is 3.87. The Morgan fingerprint density at radius 2 is 2.00 bits per heavy atom. The number of para-hydroxylation sites is 1. The van der Waals surface area contributed by atoms with Crippen LogP contribution in [0.1, 0.15) is 18.9 Å². The summed E-state index contributed by atoms with van der Waals surface area (Å²) >= 11 is 0. The van der Waals surface area contributed by atoms with E-state index < -0.39 is 17.6 Å². The van der Waals surface area contributed by atoms with Crippen molar-refractivity contribution in [2.45, 2.75) is 19.9 Å². The molecular weight excluding hydrogens is 394 g/mol. The van der Waals surface area contributed by atoms with Crippen LogP contribution in [0.25, 0.3) is 0 Å². The van der Waals surface area contributed by atoms with Gasteiger partial charge < -0.3 is 19.3 Å². The van der Waals surface area contributed by atoms with Crippen LogP contribution >= 0.6 is 0 Å². The number of ether oxygens (including phenoxy) is 2. The van der Waals surface area contributed by atoms with Gasteiger partial charge in [-0.05, 0) is 25.1 Å². The van der Waals surface area contributed by atoms with Crippen molar-refractivity contribution in [1.82, 2.24) is 4.90 Å². The van der Waals surface area contributed by atoms with E-state index in [0.29, 0.717) is 37.8 Å². The smallest absolute Gasteiger partial charge is 0.228 e. The maximum absolute atomic E-state index is 14.1. The van der Waals surface area contributed by atoms with Crippen molar-refractivity contribution < 1.29 is 27.8 Å². The summed E-state index contributed by atoms with van der Waals surface area (Å²) in [6.07, 6.45) is -0.0152. The van der Waals surface area contributed by atoms with Crippen molar-refractivity contribution in [3.8, 4) is 11.5 Å². The molecule has 0 aromatic heterocycles. The molecule has 2 aromatic carbocycles. The highest BCUT2D eigenvalue weighted by Crippen LogP contribution is 2.35. The molecule has 4 rings (SSSR count). The number of amides is 2. The summed E-state index contributed by atoms with van der Waals surface area (Å²) in [5.41, 5.74) is 0.815. The number of halogens is 2. The lowest BCUT2D eigenvalue weighted by Gasteiger charge is -2.27. The molecule has 0 aliphatic carbocycles. The average Bonchev–Trinajstić information content (AvgIpc) is 3.13. The molecule has 1 saturated heterocycles. The number of anilines is 1. The van der Waals surface area contributed by atoms with Gasteiger partial charge in [0.25, 0.3) is 0 Å². The predicted molar refractivity (Wildman–Crippen MR) is 105 cm³/mol. The highest BCUT2D eigenvalue weighted by molar-refractivity contribution is 6.00. The molecule has 2 aliphatic rings. The van der Waals surface area contributed by atoms with Crippen LogP contribution in [0, 0.1) is 17.6 Å². The Bertz CT molecular complexity index is 982. The van der Waals surface area contributed by atoms with Crippen LogP contribution in [0.3, 0.4) is 0 Å². The second kappa shape index (κ2) is 8.30. The second-order valence-corrected chi connectivity index (χ2v) is 7.29. The summed E-state index contributed by atoms with van der Waals surface area (Å²) < 4.78 is 38.6. The van der Waals surface area contributed by atoms with Crippen molar-refractivity contribution in [1.29, 1.82) is 0 Å². The third-order valence-corrected chi connectivity index (χ3v) is 5.38. The summed E-state index contributed by atoms with van der Waals surface area (Å²) in [5, 5.41) is 0. The van der Waals surface area contributed by atoms with E-state index >= 15 is 0 Å². The molecule has 0 saturated carbocycles. The zero-order valence-electron chi connectivity index (χ0n) is 16.6. The van der Waals surface area contributed by atoms with Gasteiger partial charge in [0.15, 0.2) is 11.5 Å². The fourth-order valence-electron chi connectivity index (χ4n) is 3.87. The summed E-state index contributed by atoms with van der Waals surface area (Å²) in [6, 6.07) is 8.60. The predicted octanol–water partition coefficient (Wildman–Crippen LogP) is 3.14. The van der Waals surface area contributed by atoms with Crippen LogP contribution in [0.5, 0.6) is 11.5 Å². The molecule has 158 valence electrons. The first-order chi connectivity index (χ1) is 14.5. The van der Waals surface area contributed by atoms with Crippen LogP contribution in [-0.2, 0) is 16.1 Å². The number of carbonyl (C=O) groups is 2. The van der Waals surface area contributed by atoms with Gasteiger partial charge in [-0.3, -0.25) is 9.59 Å². The third-order valence-electron chi connectivity index (χ3n) is 5.38. The Balaban J connectivity index is 1.50. The summed E-state index contributed by atoms with van der Waals surface area (Å²) in [5.74, 6) is -1.40. The highest BCUT2D eigenvalue weighted by atomic mass is 19.1. The van der Waals surface area contributed by atoms with E-state index in [-0.39, 0.29) is 30.5 Å². The third kappa shape index (κ3) is 3.81. The SMILES string of the molecule is CCN(Cc1cccc2c1OCCO2)C(=O)C1CC(=O)N(c2ccc(F)cc2F)C1. The number of carbonyl (C=O) groups excluding carboxylic acids is 2. The van der Waals surface area contributed by atoms with Crippen LogP contribution in [-0.4, -0.2) is 43.0 Å². The summed E-state index contributed by atoms with van der Waals surface area (Å²) in [4.78, 5) is 28.4. The molecular formula is C22H22F2N2O4. The Kier molecular flexibility index (Phi) is 5.57. The second-order valence-electron chi connectivity index (χ2n) is 7.29. The molecule has 2 heterocycles. The fraction of sp³-hybridized carbons (Fsp3) is 0.364. The number of hydrogen-bond acceptors (Lipinski definition) is 4. The van der Waals surface area contributed by atoms with Crippen molar-refractivity contribution in [3.63, 3.8) is 0 Å². The summed E-state index contributed by atoms with van der Waals surface area (Å²) in [7, 11) is 0.